The van der Waals surface area contributed by atoms with Crippen LogP contribution in [0.5, 0.6) is 5.75 Å². The Morgan fingerprint density at radius 2 is 1.96 bits per heavy atom. The van der Waals surface area contributed by atoms with Crippen molar-refractivity contribution in [3.8, 4) is 5.75 Å². The molecule has 2 aromatic carbocycles. The molecule has 27 heavy (non-hydrogen) atoms. The van der Waals surface area contributed by atoms with E-state index in [1.807, 2.05) is 30.3 Å². The Morgan fingerprint density at radius 3 is 2.70 bits per heavy atom. The molecule has 3 rings (SSSR count). The molecule has 1 aliphatic rings. The van der Waals surface area contributed by atoms with Crippen molar-refractivity contribution >= 4 is 29.0 Å². The molecule has 1 saturated heterocycles. The van der Waals surface area contributed by atoms with Gasteiger partial charge >= 0.3 is 0 Å². The number of halogens is 1. The van der Waals surface area contributed by atoms with Crippen molar-refractivity contribution in [2.45, 2.75) is 25.3 Å². The SMILES string of the molecule is COc1ccc(Cl)cc1N1CCC(NC(=O)CCC(=O)c2ccccc2)C1. The summed E-state index contributed by atoms with van der Waals surface area (Å²) in [7, 11) is 1.63. The third-order valence-corrected chi connectivity index (χ3v) is 4.94. The van der Waals surface area contributed by atoms with E-state index < -0.39 is 0 Å². The molecule has 0 spiro atoms. The normalized spacial score (nSPS) is 16.2. The van der Waals surface area contributed by atoms with E-state index in [0.717, 1.165) is 24.4 Å². The Labute approximate surface area is 164 Å². The quantitative estimate of drug-likeness (QED) is 0.737. The third-order valence-electron chi connectivity index (χ3n) is 4.71. The van der Waals surface area contributed by atoms with Crippen LogP contribution < -0.4 is 15.0 Å². The van der Waals surface area contributed by atoms with Crippen molar-refractivity contribution in [2.75, 3.05) is 25.1 Å². The van der Waals surface area contributed by atoms with Crippen LogP contribution in [-0.2, 0) is 4.79 Å². The van der Waals surface area contributed by atoms with Crippen LogP contribution >= 0.6 is 11.6 Å². The van der Waals surface area contributed by atoms with E-state index >= 15 is 0 Å². The van der Waals surface area contributed by atoms with Crippen LogP contribution in [0, 0.1) is 0 Å². The Hall–Kier alpha value is -2.53. The van der Waals surface area contributed by atoms with Gasteiger partial charge in [0.2, 0.25) is 5.91 Å². The molecule has 0 aliphatic carbocycles. The summed E-state index contributed by atoms with van der Waals surface area (Å²) < 4.78 is 5.41. The summed E-state index contributed by atoms with van der Waals surface area (Å²) in [5, 5.41) is 3.68. The van der Waals surface area contributed by atoms with E-state index in [1.165, 1.54) is 0 Å². The summed E-state index contributed by atoms with van der Waals surface area (Å²) in [5.41, 5.74) is 1.58. The summed E-state index contributed by atoms with van der Waals surface area (Å²) in [6.45, 7) is 1.50. The maximum Gasteiger partial charge on any atom is 0.220 e. The van der Waals surface area contributed by atoms with E-state index in [-0.39, 0.29) is 30.6 Å². The first-order valence-corrected chi connectivity index (χ1v) is 9.40. The predicted octanol–water partition coefficient (Wildman–Crippen LogP) is 3.71. The lowest BCUT2D eigenvalue weighted by atomic mass is 10.1. The number of carbonyl (C=O) groups is 2. The number of rotatable bonds is 7. The first-order valence-electron chi connectivity index (χ1n) is 9.03. The Bertz CT molecular complexity index is 810. The van der Waals surface area contributed by atoms with Gasteiger partial charge in [-0.3, -0.25) is 9.59 Å². The van der Waals surface area contributed by atoms with Crippen LogP contribution in [0.25, 0.3) is 0 Å². The Kier molecular flexibility index (Phi) is 6.35. The summed E-state index contributed by atoms with van der Waals surface area (Å²) in [5.74, 6) is 0.659. The number of hydrogen-bond acceptors (Lipinski definition) is 4. The molecule has 1 amide bonds. The Morgan fingerprint density at radius 1 is 1.19 bits per heavy atom. The van der Waals surface area contributed by atoms with E-state index in [9.17, 15) is 9.59 Å². The summed E-state index contributed by atoms with van der Waals surface area (Å²) in [6.07, 6.45) is 1.26. The first-order chi connectivity index (χ1) is 13.1. The van der Waals surface area contributed by atoms with Gasteiger partial charge in [-0.2, -0.15) is 0 Å². The van der Waals surface area contributed by atoms with Crippen LogP contribution in [-0.4, -0.2) is 37.9 Å². The molecule has 1 heterocycles. The van der Waals surface area contributed by atoms with Gasteiger partial charge in [-0.15, -0.1) is 0 Å². The number of hydrogen-bond donors (Lipinski definition) is 1. The van der Waals surface area contributed by atoms with E-state index in [2.05, 4.69) is 10.2 Å². The smallest absolute Gasteiger partial charge is 0.220 e. The molecule has 142 valence electrons. The molecule has 5 nitrogen and oxygen atoms in total. The highest BCUT2D eigenvalue weighted by atomic mass is 35.5. The zero-order chi connectivity index (χ0) is 19.2. The molecule has 0 radical (unpaired) electrons. The standard InChI is InChI=1S/C21H23ClN2O3/c1-27-20-9-7-16(22)13-18(20)24-12-11-17(14-24)23-21(26)10-8-19(25)15-5-3-2-4-6-15/h2-7,9,13,17H,8,10-12,14H2,1H3,(H,23,26). The molecule has 1 unspecified atom stereocenters. The fraction of sp³-hybridized carbons (Fsp3) is 0.333. The van der Waals surface area contributed by atoms with Crippen molar-refractivity contribution < 1.29 is 14.3 Å². The lowest BCUT2D eigenvalue weighted by Gasteiger charge is -2.21. The van der Waals surface area contributed by atoms with Gasteiger partial charge in [-0.1, -0.05) is 41.9 Å². The number of amides is 1. The largest absolute Gasteiger partial charge is 0.495 e. The maximum absolute atomic E-state index is 12.2. The molecular formula is C21H23ClN2O3. The molecule has 6 heteroatoms. The minimum atomic E-state index is -0.0933. The lowest BCUT2D eigenvalue weighted by molar-refractivity contribution is -0.121. The number of ketones is 1. The fourth-order valence-electron chi connectivity index (χ4n) is 3.30. The zero-order valence-electron chi connectivity index (χ0n) is 15.3. The monoisotopic (exact) mass is 386 g/mol. The van der Waals surface area contributed by atoms with E-state index in [0.29, 0.717) is 17.1 Å². The minimum absolute atomic E-state index is 0.0116. The van der Waals surface area contributed by atoms with Crippen LogP contribution in [0.4, 0.5) is 5.69 Å². The van der Waals surface area contributed by atoms with Crippen LogP contribution in [0.3, 0.4) is 0 Å². The van der Waals surface area contributed by atoms with E-state index in [1.54, 1.807) is 25.3 Å². The highest BCUT2D eigenvalue weighted by molar-refractivity contribution is 6.30. The van der Waals surface area contributed by atoms with Crippen LogP contribution in [0.15, 0.2) is 48.5 Å². The van der Waals surface area contributed by atoms with Gasteiger partial charge in [0.25, 0.3) is 0 Å². The van der Waals surface area contributed by atoms with Gasteiger partial charge in [0.15, 0.2) is 5.78 Å². The third kappa shape index (κ3) is 5.01. The molecule has 2 aromatic rings. The molecule has 1 fully saturated rings. The summed E-state index contributed by atoms with van der Waals surface area (Å²) in [6, 6.07) is 14.6. The van der Waals surface area contributed by atoms with Crippen molar-refractivity contribution in [3.63, 3.8) is 0 Å². The number of nitrogens with one attached hydrogen (secondary N) is 1. The van der Waals surface area contributed by atoms with Crippen molar-refractivity contribution in [1.82, 2.24) is 5.32 Å². The van der Waals surface area contributed by atoms with Gasteiger partial charge in [0.1, 0.15) is 5.75 Å². The highest BCUT2D eigenvalue weighted by Gasteiger charge is 2.26. The van der Waals surface area contributed by atoms with Gasteiger partial charge in [-0.25, -0.2) is 0 Å². The second kappa shape index (κ2) is 8.91. The fourth-order valence-corrected chi connectivity index (χ4v) is 3.47. The number of Topliss-reactive ketones (excluding diaryl/α,β-unsaturated/α-hetero) is 1. The molecule has 1 N–H and O–H groups in total. The number of methoxy groups -OCH3 is 1. The average molecular weight is 387 g/mol. The number of nitrogens with zero attached hydrogens (tertiary/aromatic N) is 1. The van der Waals surface area contributed by atoms with E-state index in [4.69, 9.17) is 16.3 Å². The van der Waals surface area contributed by atoms with Gasteiger partial charge in [0, 0.05) is 42.6 Å². The highest BCUT2D eigenvalue weighted by Crippen LogP contribution is 2.33. The molecular weight excluding hydrogens is 364 g/mol. The molecule has 1 aliphatic heterocycles. The van der Waals surface area contributed by atoms with Crippen molar-refractivity contribution in [3.05, 3.63) is 59.1 Å². The first kappa shape index (κ1) is 19.2. The number of benzene rings is 2. The lowest BCUT2D eigenvalue weighted by Crippen LogP contribution is -2.37. The number of anilines is 1. The van der Waals surface area contributed by atoms with Crippen LogP contribution in [0.2, 0.25) is 5.02 Å². The van der Waals surface area contributed by atoms with Gasteiger partial charge in [0.05, 0.1) is 12.8 Å². The van der Waals surface area contributed by atoms with Crippen molar-refractivity contribution in [1.29, 1.82) is 0 Å². The predicted molar refractivity (Wildman–Crippen MR) is 107 cm³/mol. The molecule has 0 saturated carbocycles. The summed E-state index contributed by atoms with van der Waals surface area (Å²) in [4.78, 5) is 26.5. The minimum Gasteiger partial charge on any atom is -0.495 e. The Balaban J connectivity index is 1.50. The number of carbonyl (C=O) groups excluding carboxylic acids is 2. The molecule has 0 aromatic heterocycles. The number of ether oxygens (including phenoxy) is 1. The molecule has 0 bridgehead atoms. The topological polar surface area (TPSA) is 58.6 Å². The molecule has 1 atom stereocenters. The van der Waals surface area contributed by atoms with Gasteiger partial charge in [-0.05, 0) is 24.6 Å². The second-order valence-corrected chi connectivity index (χ2v) is 7.04. The zero-order valence-corrected chi connectivity index (χ0v) is 16.0. The summed E-state index contributed by atoms with van der Waals surface area (Å²) >= 11 is 6.11. The van der Waals surface area contributed by atoms with Crippen LogP contribution in [0.1, 0.15) is 29.6 Å². The second-order valence-electron chi connectivity index (χ2n) is 6.60. The van der Waals surface area contributed by atoms with Crippen molar-refractivity contribution in [2.24, 2.45) is 0 Å². The maximum atomic E-state index is 12.2. The van der Waals surface area contributed by atoms with Gasteiger partial charge < -0.3 is 15.0 Å². The average Bonchev–Trinajstić information content (AvgIpc) is 3.15.